The van der Waals surface area contributed by atoms with Crippen molar-refractivity contribution < 1.29 is 33.9 Å². The molecular weight excluding hydrogens is 500 g/mol. The summed E-state index contributed by atoms with van der Waals surface area (Å²) in [6.07, 6.45) is 0. The zero-order valence-corrected chi connectivity index (χ0v) is 20.1. The van der Waals surface area contributed by atoms with Crippen LogP contribution in [-0.2, 0) is 28.8 Å². The number of thioether (sulfide) groups is 1. The largest absolute Gasteiger partial charge is 0.480 e. The Morgan fingerprint density at radius 1 is 1.42 bits per heavy atom. The van der Waals surface area contributed by atoms with Crippen molar-refractivity contribution in [3.05, 3.63) is 5.82 Å². The molecule has 3 heterocycles. The fourth-order valence-electron chi connectivity index (χ4n) is 2.92. The van der Waals surface area contributed by atoms with Crippen LogP contribution in [0.5, 0.6) is 0 Å². The third-order valence-corrected chi connectivity index (χ3v) is 6.99. The minimum absolute atomic E-state index is 0.0504. The van der Waals surface area contributed by atoms with Gasteiger partial charge in [-0.05, 0) is 20.8 Å². The van der Waals surface area contributed by atoms with Gasteiger partial charge >= 0.3 is 11.9 Å². The summed E-state index contributed by atoms with van der Waals surface area (Å²) in [5.41, 5.74) is 4.46. The van der Waals surface area contributed by atoms with Crippen LogP contribution < -0.4 is 11.1 Å². The molecule has 0 aliphatic carbocycles. The summed E-state index contributed by atoms with van der Waals surface area (Å²) in [5, 5.41) is 15.0. The Morgan fingerprint density at radius 2 is 2.12 bits per heavy atom. The molecule has 13 nitrogen and oxygen atoms in total. The van der Waals surface area contributed by atoms with Crippen molar-refractivity contribution in [2.75, 3.05) is 24.6 Å². The van der Waals surface area contributed by atoms with E-state index in [1.54, 1.807) is 20.8 Å². The van der Waals surface area contributed by atoms with Crippen molar-refractivity contribution >= 4 is 69.5 Å². The molecule has 2 aliphatic rings. The van der Waals surface area contributed by atoms with Crippen molar-refractivity contribution in [3.8, 4) is 0 Å². The van der Waals surface area contributed by atoms with Crippen molar-refractivity contribution in [1.82, 2.24) is 19.6 Å². The average molecular weight is 521 g/mol. The van der Waals surface area contributed by atoms with Gasteiger partial charge in [0.1, 0.15) is 17.0 Å². The molecular formula is C17H21ClN6O7S2. The zero-order chi connectivity index (χ0) is 24.6. The zero-order valence-electron chi connectivity index (χ0n) is 17.7. The molecule has 0 saturated carbocycles. The number of carboxylic acid groups (broad SMARTS) is 1. The molecule has 1 aromatic rings. The number of aromatic nitrogens is 2. The molecule has 4 N–H and O–H groups in total. The molecule has 180 valence electrons. The van der Waals surface area contributed by atoms with Crippen molar-refractivity contribution in [2.24, 2.45) is 5.16 Å². The minimum atomic E-state index is -1.59. The number of ether oxygens (including phenoxy) is 1. The van der Waals surface area contributed by atoms with Gasteiger partial charge in [0.2, 0.25) is 24.1 Å². The second kappa shape index (κ2) is 9.30. The summed E-state index contributed by atoms with van der Waals surface area (Å²) < 4.78 is 9.02. The van der Waals surface area contributed by atoms with Gasteiger partial charge in [0.25, 0.3) is 5.91 Å². The van der Waals surface area contributed by atoms with Gasteiger partial charge < -0.3 is 30.6 Å². The first kappa shape index (κ1) is 25.0. The van der Waals surface area contributed by atoms with Crippen molar-refractivity contribution in [1.29, 1.82) is 0 Å². The Hall–Kier alpha value is -2.65. The van der Waals surface area contributed by atoms with E-state index in [2.05, 4.69) is 19.8 Å². The first-order valence-electron chi connectivity index (χ1n) is 9.47. The van der Waals surface area contributed by atoms with Crippen molar-refractivity contribution in [3.63, 3.8) is 0 Å². The monoisotopic (exact) mass is 520 g/mol. The van der Waals surface area contributed by atoms with E-state index in [0.717, 1.165) is 23.3 Å². The highest BCUT2D eigenvalue weighted by Gasteiger charge is 2.57. The summed E-state index contributed by atoms with van der Waals surface area (Å²) in [4.78, 5) is 57.1. The number of nitrogens with zero attached hydrogens (tertiary/aromatic N) is 4. The lowest BCUT2D eigenvalue weighted by molar-refractivity contribution is -0.160. The van der Waals surface area contributed by atoms with Crippen LogP contribution >= 0.6 is 34.9 Å². The summed E-state index contributed by atoms with van der Waals surface area (Å²) in [6.45, 7) is 4.29. The smallest absolute Gasteiger partial charge is 0.347 e. The number of carbonyl (C=O) groups excluding carboxylic acids is 3. The molecule has 0 spiro atoms. The Kier molecular flexibility index (Phi) is 7.04. The first-order valence-corrected chi connectivity index (χ1v) is 11.7. The molecule has 33 heavy (non-hydrogen) atoms. The molecule has 2 aliphatic heterocycles. The molecule has 1 aromatic heterocycles. The van der Waals surface area contributed by atoms with Gasteiger partial charge in [-0.1, -0.05) is 5.16 Å². The van der Waals surface area contributed by atoms with Crippen LogP contribution in [0.25, 0.3) is 0 Å². The van der Waals surface area contributed by atoms with E-state index in [-0.39, 0.29) is 23.3 Å². The number of hydrogen-bond donors (Lipinski definition) is 3. The van der Waals surface area contributed by atoms with E-state index >= 15 is 0 Å². The summed E-state index contributed by atoms with van der Waals surface area (Å²) in [6, 6.07) is -0.940. The van der Waals surface area contributed by atoms with Crippen molar-refractivity contribution in [2.45, 2.75) is 42.7 Å². The topological polar surface area (TPSA) is 186 Å². The molecule has 0 bridgehead atoms. The normalized spacial score (nSPS) is 25.0. The van der Waals surface area contributed by atoms with Crippen LogP contribution in [0.15, 0.2) is 5.16 Å². The molecule has 16 heteroatoms. The van der Waals surface area contributed by atoms with Gasteiger partial charge in [-0.3, -0.25) is 14.4 Å². The fourth-order valence-corrected chi connectivity index (χ4v) is 5.06. The number of carboxylic acids is 1. The Labute approximate surface area is 201 Å². The minimum Gasteiger partial charge on any atom is -0.480 e. The second-order valence-electron chi connectivity index (χ2n) is 8.15. The predicted molar refractivity (Wildman–Crippen MR) is 119 cm³/mol. The number of esters is 1. The number of carbonyl (C=O) groups is 4. The standard InChI is InChI=1S/C17H21ClN6O7S2/c1-16(2,3)31-7(25)4-30-22-8(10-21-15(19)33-23-10)11(26)20-9-12(27)24-5-17(18,14(28)29)6-32-13(9)24/h9,13H,4-6H2,1-3H3,(H,20,26)(H,28,29)(H2,19,21,23)/t9?,13-,17?/m1/s1. The van der Waals surface area contributed by atoms with E-state index in [4.69, 9.17) is 26.9 Å². The van der Waals surface area contributed by atoms with Gasteiger partial charge in [-0.25, -0.2) is 4.79 Å². The van der Waals surface area contributed by atoms with E-state index in [1.807, 2.05) is 0 Å². The summed E-state index contributed by atoms with van der Waals surface area (Å²) in [7, 11) is 0. The molecule has 2 unspecified atom stereocenters. The maximum absolute atomic E-state index is 12.9. The highest BCUT2D eigenvalue weighted by molar-refractivity contribution is 8.00. The third-order valence-electron chi connectivity index (χ3n) is 4.34. The van der Waals surface area contributed by atoms with Crippen LogP contribution in [0.1, 0.15) is 26.6 Å². The van der Waals surface area contributed by atoms with Gasteiger partial charge in [0.15, 0.2) is 10.0 Å². The molecule has 0 aromatic carbocycles. The lowest BCUT2D eigenvalue weighted by Crippen LogP contribution is -2.74. The fraction of sp³-hybridized carbons (Fsp3) is 0.588. The maximum Gasteiger partial charge on any atom is 0.347 e. The lowest BCUT2D eigenvalue weighted by Gasteiger charge is -2.52. The van der Waals surface area contributed by atoms with E-state index in [0.29, 0.717) is 0 Å². The Morgan fingerprint density at radius 3 is 2.70 bits per heavy atom. The van der Waals surface area contributed by atoms with Gasteiger partial charge in [-0.2, -0.15) is 9.36 Å². The number of amides is 2. The molecule has 2 saturated heterocycles. The first-order chi connectivity index (χ1) is 15.3. The molecule has 2 fully saturated rings. The van der Waals surface area contributed by atoms with Crippen LogP contribution in [0.3, 0.4) is 0 Å². The van der Waals surface area contributed by atoms with Gasteiger partial charge in [0.05, 0.1) is 6.54 Å². The molecule has 2 amide bonds. The van der Waals surface area contributed by atoms with E-state index in [9.17, 15) is 24.3 Å². The van der Waals surface area contributed by atoms with Gasteiger partial charge in [-0.15, -0.1) is 23.4 Å². The Bertz CT molecular complexity index is 1010. The summed E-state index contributed by atoms with van der Waals surface area (Å²) in [5.74, 6) is -3.36. The molecule has 3 rings (SSSR count). The SMILES string of the molecule is CC(C)(C)OC(=O)CON=C(C(=O)NC1C(=O)N2CC(Cl)(C(=O)O)CS[C@H]12)c1nsc(N)n1. The van der Waals surface area contributed by atoms with Crippen LogP contribution in [0, 0.1) is 0 Å². The summed E-state index contributed by atoms with van der Waals surface area (Å²) >= 11 is 8.03. The third kappa shape index (κ3) is 5.65. The van der Waals surface area contributed by atoms with Crippen LogP contribution in [-0.4, -0.2) is 89.6 Å². The number of fused-ring (bicyclic) bond motifs is 1. The number of halogens is 1. The highest BCUT2D eigenvalue weighted by Crippen LogP contribution is 2.41. The second-order valence-corrected chi connectivity index (χ2v) is 10.8. The maximum atomic E-state index is 12.9. The van der Waals surface area contributed by atoms with E-state index < -0.39 is 58.0 Å². The van der Waals surface area contributed by atoms with Crippen LogP contribution in [0.2, 0.25) is 0 Å². The number of alkyl halides is 1. The Balaban J connectivity index is 1.68. The van der Waals surface area contributed by atoms with Crippen LogP contribution in [0.4, 0.5) is 5.13 Å². The number of rotatable bonds is 7. The number of nitrogen functional groups attached to an aromatic ring is 1. The average Bonchev–Trinajstić information content (AvgIpc) is 3.13. The lowest BCUT2D eigenvalue weighted by atomic mass is 10.0. The predicted octanol–water partition coefficient (Wildman–Crippen LogP) is -0.355. The molecule has 0 radical (unpaired) electrons. The van der Waals surface area contributed by atoms with E-state index in [1.165, 1.54) is 4.90 Å². The molecule has 3 atom stereocenters. The quantitative estimate of drug-likeness (QED) is 0.140. The number of nitrogens with two attached hydrogens (primary N) is 1. The highest BCUT2D eigenvalue weighted by atomic mass is 35.5. The number of nitrogens with one attached hydrogen (secondary N) is 1. The van der Waals surface area contributed by atoms with Gasteiger partial charge in [0, 0.05) is 17.3 Å². The number of β-lactam (4-membered cyclic amide) rings is 1. The number of hydrogen-bond acceptors (Lipinski definition) is 12. The number of aliphatic carboxylic acids is 1. The number of anilines is 1. The number of oxime groups is 1.